The number of methoxy groups -OCH3 is 1. The predicted molar refractivity (Wildman–Crippen MR) is 115 cm³/mol. The molecule has 1 fully saturated rings. The van der Waals surface area contributed by atoms with Crippen LogP contribution in [0.2, 0.25) is 0 Å². The summed E-state index contributed by atoms with van der Waals surface area (Å²) >= 11 is 1.70. The van der Waals surface area contributed by atoms with Crippen LogP contribution in [0, 0.1) is 6.92 Å². The molecule has 1 heterocycles. The second-order valence-corrected chi connectivity index (χ2v) is 9.02. The Balaban J connectivity index is 1.91. The molecule has 2 aromatic rings. The average Bonchev–Trinajstić information content (AvgIpc) is 2.67. The number of aliphatic hydroxyl groups excluding tert-OH is 2. The van der Waals surface area contributed by atoms with E-state index in [4.69, 9.17) is 9.47 Å². The van der Waals surface area contributed by atoms with Gasteiger partial charge in [0.25, 0.3) is 0 Å². The Morgan fingerprint density at radius 3 is 2.50 bits per heavy atom. The molecule has 28 heavy (non-hydrogen) atoms. The van der Waals surface area contributed by atoms with Gasteiger partial charge < -0.3 is 19.7 Å². The summed E-state index contributed by atoms with van der Waals surface area (Å²) in [5.74, 6) is 1.65. The molecule has 0 spiro atoms. The highest BCUT2D eigenvalue weighted by Gasteiger charge is 2.37. The van der Waals surface area contributed by atoms with E-state index < -0.39 is 12.2 Å². The number of thioether (sulfide) groups is 1. The Kier molecular flexibility index (Phi) is 6.91. The van der Waals surface area contributed by atoms with Crippen LogP contribution in [0.5, 0.6) is 11.5 Å². The first-order valence-electron chi connectivity index (χ1n) is 9.83. The highest BCUT2D eigenvalue weighted by atomic mass is 32.2. The van der Waals surface area contributed by atoms with E-state index in [0.717, 1.165) is 29.0 Å². The zero-order valence-corrected chi connectivity index (χ0v) is 17.8. The van der Waals surface area contributed by atoms with Crippen LogP contribution >= 0.6 is 11.8 Å². The van der Waals surface area contributed by atoms with Crippen LogP contribution in [-0.4, -0.2) is 41.4 Å². The fraction of sp³-hybridized carbons (Fsp3) is 0.478. The quantitative estimate of drug-likeness (QED) is 0.755. The topological polar surface area (TPSA) is 58.9 Å². The minimum Gasteiger partial charge on any atom is -0.496 e. The van der Waals surface area contributed by atoms with Gasteiger partial charge in [-0.3, -0.25) is 0 Å². The smallest absolute Gasteiger partial charge is 0.123 e. The molecule has 1 aliphatic rings. The molecule has 0 unspecified atom stereocenters. The second-order valence-electron chi connectivity index (χ2n) is 7.44. The second kappa shape index (κ2) is 9.21. The number of aliphatic hydroxyl groups is 2. The van der Waals surface area contributed by atoms with Gasteiger partial charge in [0.1, 0.15) is 11.5 Å². The van der Waals surface area contributed by atoms with Crippen molar-refractivity contribution in [2.45, 2.75) is 56.3 Å². The van der Waals surface area contributed by atoms with Crippen LogP contribution in [0.4, 0.5) is 0 Å². The monoisotopic (exact) mass is 402 g/mol. The molecular weight excluding hydrogens is 372 g/mol. The molecule has 4 nitrogen and oxygen atoms in total. The normalized spacial score (nSPS) is 24.8. The maximum absolute atomic E-state index is 10.6. The standard InChI is InChI=1S/C23H30O4S/c1-5-27-18-8-6-16(7-9-18)12-17-13-19(21(26-4)10-14(17)2)23-22(25)20(24)11-15(3)28-23/h6-10,13,15,20,22-25H,5,11-12H2,1-4H3/t15-,20+,22-,23+/m1/s1. The van der Waals surface area contributed by atoms with Crippen LogP contribution in [0.1, 0.15) is 47.8 Å². The fourth-order valence-electron chi connectivity index (χ4n) is 3.75. The molecule has 1 saturated heterocycles. The van der Waals surface area contributed by atoms with Crippen molar-refractivity contribution in [3.05, 3.63) is 58.7 Å². The number of aryl methyl sites for hydroxylation is 1. The van der Waals surface area contributed by atoms with Crippen LogP contribution in [0.3, 0.4) is 0 Å². The van der Waals surface area contributed by atoms with Crippen LogP contribution < -0.4 is 9.47 Å². The van der Waals surface area contributed by atoms with Crippen molar-refractivity contribution < 1.29 is 19.7 Å². The van der Waals surface area contributed by atoms with Crippen molar-refractivity contribution in [3.8, 4) is 11.5 Å². The number of ether oxygens (including phenoxy) is 2. The Hall–Kier alpha value is -1.69. The third-order valence-corrected chi connectivity index (χ3v) is 6.76. The molecule has 0 aromatic heterocycles. The van der Waals surface area contributed by atoms with Gasteiger partial charge >= 0.3 is 0 Å². The van der Waals surface area contributed by atoms with E-state index in [2.05, 4.69) is 32.0 Å². The van der Waals surface area contributed by atoms with Crippen LogP contribution in [0.25, 0.3) is 0 Å². The zero-order valence-electron chi connectivity index (χ0n) is 17.0. The van der Waals surface area contributed by atoms with Gasteiger partial charge in [0.2, 0.25) is 0 Å². The molecule has 2 N–H and O–H groups in total. The summed E-state index contributed by atoms with van der Waals surface area (Å²) in [6, 6.07) is 12.3. The Morgan fingerprint density at radius 1 is 1.14 bits per heavy atom. The first kappa shape index (κ1) is 21.0. The largest absolute Gasteiger partial charge is 0.496 e. The van der Waals surface area contributed by atoms with E-state index in [1.807, 2.05) is 25.1 Å². The summed E-state index contributed by atoms with van der Waals surface area (Å²) in [6.45, 7) is 6.81. The molecule has 3 rings (SSSR count). The Morgan fingerprint density at radius 2 is 1.86 bits per heavy atom. The summed E-state index contributed by atoms with van der Waals surface area (Å²) in [5, 5.41) is 21.0. The maximum atomic E-state index is 10.6. The number of hydrogen-bond acceptors (Lipinski definition) is 5. The van der Waals surface area contributed by atoms with E-state index >= 15 is 0 Å². The summed E-state index contributed by atoms with van der Waals surface area (Å²) in [4.78, 5) is 0. The molecule has 0 amide bonds. The lowest BCUT2D eigenvalue weighted by Crippen LogP contribution is -2.38. The molecule has 0 aliphatic carbocycles. The lowest BCUT2D eigenvalue weighted by molar-refractivity contribution is 0.00852. The van der Waals surface area contributed by atoms with Gasteiger partial charge in [-0.2, -0.15) is 0 Å². The lowest BCUT2D eigenvalue weighted by Gasteiger charge is -2.36. The van der Waals surface area contributed by atoms with Gasteiger partial charge in [-0.25, -0.2) is 0 Å². The third kappa shape index (κ3) is 4.65. The molecule has 4 atom stereocenters. The van der Waals surface area contributed by atoms with Gasteiger partial charge in [-0.1, -0.05) is 25.1 Å². The first-order valence-corrected chi connectivity index (χ1v) is 10.8. The summed E-state index contributed by atoms with van der Waals surface area (Å²) < 4.78 is 11.1. The van der Waals surface area contributed by atoms with Crippen molar-refractivity contribution in [3.63, 3.8) is 0 Å². The molecular formula is C23H30O4S. The zero-order chi connectivity index (χ0) is 20.3. The Labute approximate surface area is 171 Å². The Bertz CT molecular complexity index is 790. The first-order chi connectivity index (χ1) is 13.4. The highest BCUT2D eigenvalue weighted by molar-refractivity contribution is 8.00. The van der Waals surface area contributed by atoms with Gasteiger partial charge in [-0.05, 0) is 61.6 Å². The molecule has 0 saturated carbocycles. The maximum Gasteiger partial charge on any atom is 0.123 e. The van der Waals surface area contributed by atoms with E-state index in [-0.39, 0.29) is 10.5 Å². The summed E-state index contributed by atoms with van der Waals surface area (Å²) in [7, 11) is 1.66. The van der Waals surface area contributed by atoms with E-state index in [9.17, 15) is 10.2 Å². The molecule has 2 aromatic carbocycles. The van der Waals surface area contributed by atoms with Gasteiger partial charge in [0, 0.05) is 10.8 Å². The van der Waals surface area contributed by atoms with Gasteiger partial charge in [0.05, 0.1) is 31.2 Å². The van der Waals surface area contributed by atoms with Crippen molar-refractivity contribution >= 4 is 11.8 Å². The van der Waals surface area contributed by atoms with Crippen LogP contribution in [-0.2, 0) is 6.42 Å². The van der Waals surface area contributed by atoms with Crippen molar-refractivity contribution in [2.24, 2.45) is 0 Å². The lowest BCUT2D eigenvalue weighted by atomic mass is 9.93. The van der Waals surface area contributed by atoms with E-state index in [1.165, 1.54) is 11.1 Å². The van der Waals surface area contributed by atoms with Crippen molar-refractivity contribution in [1.29, 1.82) is 0 Å². The van der Waals surface area contributed by atoms with Crippen LogP contribution in [0.15, 0.2) is 36.4 Å². The fourth-order valence-corrected chi connectivity index (χ4v) is 5.23. The molecule has 0 bridgehead atoms. The van der Waals surface area contributed by atoms with Gasteiger partial charge in [-0.15, -0.1) is 11.8 Å². The SMILES string of the molecule is CCOc1ccc(Cc2cc([C@@H]3S[C@H](C)C[C@H](O)[C@H]3O)c(OC)cc2C)cc1. The predicted octanol–water partition coefficient (Wildman–Crippen LogP) is 4.28. The molecule has 5 heteroatoms. The minimum atomic E-state index is -0.795. The summed E-state index contributed by atoms with van der Waals surface area (Å²) in [5.41, 5.74) is 4.50. The van der Waals surface area contributed by atoms with Gasteiger partial charge in [0.15, 0.2) is 0 Å². The van der Waals surface area contributed by atoms with Crippen molar-refractivity contribution in [2.75, 3.05) is 13.7 Å². The van der Waals surface area contributed by atoms with E-state index in [1.54, 1.807) is 18.9 Å². The van der Waals surface area contributed by atoms with Crippen molar-refractivity contribution in [1.82, 2.24) is 0 Å². The summed E-state index contributed by atoms with van der Waals surface area (Å²) in [6.07, 6.45) is -0.103. The highest BCUT2D eigenvalue weighted by Crippen LogP contribution is 2.46. The number of hydrogen-bond donors (Lipinski definition) is 2. The minimum absolute atomic E-state index is 0.201. The molecule has 152 valence electrons. The third-order valence-electron chi connectivity index (χ3n) is 5.28. The molecule has 1 aliphatic heterocycles. The molecule has 0 radical (unpaired) electrons. The average molecular weight is 403 g/mol. The van der Waals surface area contributed by atoms with E-state index in [0.29, 0.717) is 13.0 Å². The number of benzene rings is 2. The number of rotatable bonds is 6.